The van der Waals surface area contributed by atoms with Crippen LogP contribution in [0.15, 0.2) is 0 Å². The number of urea groups is 1. The maximum absolute atomic E-state index is 12.4. The molecule has 7 nitrogen and oxygen atoms in total. The fourth-order valence-electron chi connectivity index (χ4n) is 2.52. The first kappa shape index (κ1) is 14.1. The van der Waals surface area contributed by atoms with Crippen molar-refractivity contribution in [3.05, 3.63) is 0 Å². The number of carbonyl (C=O) groups is 2. The number of rotatable bonds is 2. The Hall–Kier alpha value is -1.34. The van der Waals surface area contributed by atoms with E-state index in [1.54, 1.807) is 11.9 Å². The Labute approximate surface area is 112 Å². The number of hydrogen-bond acceptors (Lipinski definition) is 4. The van der Waals surface area contributed by atoms with E-state index in [4.69, 9.17) is 14.6 Å². The van der Waals surface area contributed by atoms with E-state index in [9.17, 15) is 9.59 Å². The van der Waals surface area contributed by atoms with Gasteiger partial charge in [0.15, 0.2) is 0 Å². The second-order valence-corrected chi connectivity index (χ2v) is 5.06. The smallest absolute Gasteiger partial charge is 0.320 e. The van der Waals surface area contributed by atoms with Gasteiger partial charge in [0.25, 0.3) is 0 Å². The summed E-state index contributed by atoms with van der Waals surface area (Å²) in [5.41, 5.74) is 0. The van der Waals surface area contributed by atoms with Crippen LogP contribution in [0.25, 0.3) is 0 Å². The zero-order valence-corrected chi connectivity index (χ0v) is 11.2. The molecule has 0 aliphatic carbocycles. The summed E-state index contributed by atoms with van der Waals surface area (Å²) in [6.07, 6.45) is 0. The van der Waals surface area contributed by atoms with Gasteiger partial charge in [0.05, 0.1) is 38.5 Å². The molecule has 2 aliphatic heterocycles. The average molecular weight is 272 g/mol. The van der Waals surface area contributed by atoms with Gasteiger partial charge >= 0.3 is 12.0 Å². The summed E-state index contributed by atoms with van der Waals surface area (Å²) >= 11 is 0. The van der Waals surface area contributed by atoms with Crippen molar-refractivity contribution in [1.82, 2.24) is 9.80 Å². The van der Waals surface area contributed by atoms with Gasteiger partial charge in [-0.1, -0.05) is 0 Å². The maximum atomic E-state index is 12.4. The van der Waals surface area contributed by atoms with Gasteiger partial charge in [-0.15, -0.1) is 0 Å². The van der Waals surface area contributed by atoms with Crippen molar-refractivity contribution in [2.24, 2.45) is 5.92 Å². The fraction of sp³-hybridized carbons (Fsp3) is 0.833. The van der Waals surface area contributed by atoms with Gasteiger partial charge in [0.2, 0.25) is 0 Å². The van der Waals surface area contributed by atoms with Gasteiger partial charge in [-0.2, -0.15) is 0 Å². The molecule has 3 atom stereocenters. The van der Waals surface area contributed by atoms with Crippen molar-refractivity contribution >= 4 is 12.0 Å². The zero-order chi connectivity index (χ0) is 14.0. The minimum absolute atomic E-state index is 0.00861. The summed E-state index contributed by atoms with van der Waals surface area (Å²) in [4.78, 5) is 26.8. The number of hydrogen-bond donors (Lipinski definition) is 1. The number of carboxylic acid groups (broad SMARTS) is 1. The molecule has 2 fully saturated rings. The molecule has 3 unspecified atom stereocenters. The number of carboxylic acids is 1. The molecular formula is C12H20N2O5. The summed E-state index contributed by atoms with van der Waals surface area (Å²) < 4.78 is 10.5. The van der Waals surface area contributed by atoms with E-state index >= 15 is 0 Å². The van der Waals surface area contributed by atoms with Crippen LogP contribution in [0, 0.1) is 5.92 Å². The molecule has 0 saturated carbocycles. The van der Waals surface area contributed by atoms with Crippen LogP contribution >= 0.6 is 0 Å². The van der Waals surface area contributed by atoms with Crippen molar-refractivity contribution in [1.29, 1.82) is 0 Å². The van der Waals surface area contributed by atoms with Crippen molar-refractivity contribution in [3.8, 4) is 0 Å². The number of aliphatic carboxylic acids is 1. The lowest BCUT2D eigenvalue weighted by atomic mass is 10.0. The highest BCUT2D eigenvalue weighted by molar-refractivity contribution is 5.77. The first-order valence-corrected chi connectivity index (χ1v) is 6.44. The molecule has 1 N–H and O–H groups in total. The Morgan fingerprint density at radius 1 is 1.26 bits per heavy atom. The molecule has 7 heteroatoms. The molecule has 2 saturated heterocycles. The van der Waals surface area contributed by atoms with Crippen molar-refractivity contribution in [3.63, 3.8) is 0 Å². The third-order valence-corrected chi connectivity index (χ3v) is 3.78. The number of carbonyl (C=O) groups excluding carboxylic acids is 1. The normalized spacial score (nSPS) is 31.3. The molecule has 108 valence electrons. The second-order valence-electron chi connectivity index (χ2n) is 5.06. The highest BCUT2D eigenvalue weighted by atomic mass is 16.5. The SMILES string of the molecule is CC1COCCN1C(=O)N(C)C1COCC1C(=O)O. The van der Waals surface area contributed by atoms with E-state index in [1.807, 2.05) is 6.92 Å². The van der Waals surface area contributed by atoms with Crippen LogP contribution in [0.1, 0.15) is 6.92 Å². The number of morpholine rings is 1. The summed E-state index contributed by atoms with van der Waals surface area (Å²) in [6.45, 7) is 3.94. The average Bonchev–Trinajstić information content (AvgIpc) is 2.87. The van der Waals surface area contributed by atoms with Crippen molar-refractivity contribution in [2.75, 3.05) is 40.0 Å². The van der Waals surface area contributed by atoms with E-state index in [0.29, 0.717) is 19.8 Å². The summed E-state index contributed by atoms with van der Waals surface area (Å²) in [5, 5.41) is 9.13. The minimum Gasteiger partial charge on any atom is -0.481 e. The topological polar surface area (TPSA) is 79.3 Å². The highest BCUT2D eigenvalue weighted by Gasteiger charge is 2.40. The molecular weight excluding hydrogens is 252 g/mol. The lowest BCUT2D eigenvalue weighted by Gasteiger charge is -2.38. The molecule has 2 amide bonds. The van der Waals surface area contributed by atoms with E-state index in [0.717, 1.165) is 0 Å². The third-order valence-electron chi connectivity index (χ3n) is 3.78. The third kappa shape index (κ3) is 2.82. The van der Waals surface area contributed by atoms with Crippen LogP contribution < -0.4 is 0 Å². The van der Waals surface area contributed by atoms with E-state index in [1.165, 1.54) is 4.90 Å². The molecule has 2 heterocycles. The summed E-state index contributed by atoms with van der Waals surface area (Å²) in [7, 11) is 1.64. The lowest BCUT2D eigenvalue weighted by Crippen LogP contribution is -2.55. The first-order valence-electron chi connectivity index (χ1n) is 6.44. The minimum atomic E-state index is -0.919. The van der Waals surface area contributed by atoms with E-state index in [-0.39, 0.29) is 25.3 Å². The zero-order valence-electron chi connectivity index (χ0n) is 11.2. The first-order chi connectivity index (χ1) is 9.02. The van der Waals surface area contributed by atoms with Crippen LogP contribution in [-0.2, 0) is 14.3 Å². The Morgan fingerprint density at radius 3 is 2.63 bits per heavy atom. The second kappa shape index (κ2) is 5.75. The molecule has 0 aromatic rings. The van der Waals surface area contributed by atoms with Crippen LogP contribution in [-0.4, -0.2) is 79.0 Å². The molecule has 0 bridgehead atoms. The highest BCUT2D eigenvalue weighted by Crippen LogP contribution is 2.21. The number of likely N-dealkylation sites (N-methyl/N-ethyl adjacent to an activating group) is 1. The van der Waals surface area contributed by atoms with Gasteiger partial charge in [-0.25, -0.2) is 4.79 Å². The molecule has 0 aromatic heterocycles. The lowest BCUT2D eigenvalue weighted by molar-refractivity contribution is -0.142. The van der Waals surface area contributed by atoms with Crippen molar-refractivity contribution < 1.29 is 24.2 Å². The predicted octanol–water partition coefficient (Wildman–Crippen LogP) is -0.141. The maximum Gasteiger partial charge on any atom is 0.320 e. The molecule has 0 spiro atoms. The van der Waals surface area contributed by atoms with Crippen LogP contribution in [0.5, 0.6) is 0 Å². The van der Waals surface area contributed by atoms with Crippen LogP contribution in [0.2, 0.25) is 0 Å². The number of ether oxygens (including phenoxy) is 2. The molecule has 0 radical (unpaired) electrons. The number of amides is 2. The largest absolute Gasteiger partial charge is 0.481 e. The standard InChI is InChI=1S/C12H20N2O5/c1-8-5-18-4-3-14(8)12(17)13(2)10-7-19-6-9(10)11(15)16/h8-10H,3-7H2,1-2H3,(H,15,16). The quantitative estimate of drug-likeness (QED) is 0.757. The van der Waals surface area contributed by atoms with Gasteiger partial charge in [0.1, 0.15) is 5.92 Å². The Balaban J connectivity index is 2.03. The predicted molar refractivity (Wildman–Crippen MR) is 65.9 cm³/mol. The van der Waals surface area contributed by atoms with E-state index in [2.05, 4.69) is 0 Å². The Kier molecular flexibility index (Phi) is 4.26. The Morgan fingerprint density at radius 2 is 2.00 bits per heavy atom. The van der Waals surface area contributed by atoms with Crippen LogP contribution in [0.4, 0.5) is 4.79 Å². The monoisotopic (exact) mass is 272 g/mol. The number of nitrogens with zero attached hydrogens (tertiary/aromatic N) is 2. The summed E-state index contributed by atoms with van der Waals surface area (Å²) in [6, 6.07) is -0.549. The molecule has 0 aromatic carbocycles. The fourth-order valence-corrected chi connectivity index (χ4v) is 2.52. The molecule has 2 aliphatic rings. The van der Waals surface area contributed by atoms with Crippen LogP contribution in [0.3, 0.4) is 0 Å². The van der Waals surface area contributed by atoms with Crippen molar-refractivity contribution in [2.45, 2.75) is 19.0 Å². The van der Waals surface area contributed by atoms with E-state index < -0.39 is 17.9 Å². The van der Waals surface area contributed by atoms with Gasteiger partial charge in [-0.05, 0) is 6.92 Å². The molecule has 19 heavy (non-hydrogen) atoms. The van der Waals surface area contributed by atoms with Gasteiger partial charge < -0.3 is 24.4 Å². The van der Waals surface area contributed by atoms with Gasteiger partial charge in [0, 0.05) is 13.6 Å². The molecule has 2 rings (SSSR count). The van der Waals surface area contributed by atoms with Gasteiger partial charge in [-0.3, -0.25) is 4.79 Å². The summed E-state index contributed by atoms with van der Waals surface area (Å²) in [5.74, 6) is -1.57. The Bertz CT molecular complexity index is 362.